The van der Waals surface area contributed by atoms with E-state index < -0.39 is 0 Å². The van der Waals surface area contributed by atoms with Crippen LogP contribution < -0.4 is 0 Å². The largest absolute Gasteiger partial charge is 0.300 e. The zero-order chi connectivity index (χ0) is 19.7. The van der Waals surface area contributed by atoms with E-state index >= 15 is 0 Å². The molecule has 4 aromatic rings. The van der Waals surface area contributed by atoms with Crippen LogP contribution in [0.15, 0.2) is 54.6 Å². The first kappa shape index (κ1) is 18.6. The van der Waals surface area contributed by atoms with Crippen LogP contribution in [0.3, 0.4) is 0 Å². The van der Waals surface area contributed by atoms with Gasteiger partial charge in [-0.15, -0.1) is 0 Å². The van der Waals surface area contributed by atoms with Crippen LogP contribution in [0.4, 0.5) is 0 Å². The molecule has 142 valence electrons. The van der Waals surface area contributed by atoms with Crippen molar-refractivity contribution in [3.05, 3.63) is 64.9 Å². The van der Waals surface area contributed by atoms with E-state index in [0.717, 1.165) is 46.5 Å². The molecule has 0 saturated carbocycles. The first-order valence-electron chi connectivity index (χ1n) is 9.78. The fourth-order valence-electron chi connectivity index (χ4n) is 3.54. The summed E-state index contributed by atoms with van der Waals surface area (Å²) in [4.78, 5) is 4.92. The van der Waals surface area contributed by atoms with E-state index in [1.54, 1.807) is 0 Å². The number of nitrogens with one attached hydrogen (secondary N) is 1. The summed E-state index contributed by atoms with van der Waals surface area (Å²) in [5, 5.41) is 8.52. The van der Waals surface area contributed by atoms with Gasteiger partial charge in [-0.05, 0) is 49.2 Å². The van der Waals surface area contributed by atoms with Crippen LogP contribution in [0, 0.1) is 4.77 Å². The van der Waals surface area contributed by atoms with Crippen molar-refractivity contribution >= 4 is 23.1 Å². The first-order chi connectivity index (χ1) is 13.6. The summed E-state index contributed by atoms with van der Waals surface area (Å²) in [7, 11) is 0. The molecule has 5 heteroatoms. The van der Waals surface area contributed by atoms with Crippen LogP contribution in [0.1, 0.15) is 38.7 Å². The molecule has 0 aliphatic carbocycles. The van der Waals surface area contributed by atoms with E-state index in [9.17, 15) is 0 Å². The van der Waals surface area contributed by atoms with E-state index in [1.807, 2.05) is 22.8 Å². The Hall–Kier alpha value is -2.79. The summed E-state index contributed by atoms with van der Waals surface area (Å²) in [5.41, 5.74) is 5.41. The number of nitrogens with zero attached hydrogens (tertiary/aromatic N) is 3. The highest BCUT2D eigenvalue weighted by atomic mass is 32.1. The fraction of sp³-hybridized carbons (Fsp3) is 0.261. The van der Waals surface area contributed by atoms with Gasteiger partial charge in [-0.2, -0.15) is 5.10 Å². The van der Waals surface area contributed by atoms with Crippen molar-refractivity contribution in [1.29, 1.82) is 0 Å². The SMILES string of the molecule is CC[C@H](C)c1ccc(-c2cc(-c3n[nH]c(=S)n3CC)c3ccccc3n2)cc1. The van der Waals surface area contributed by atoms with Crippen LogP contribution in [-0.4, -0.2) is 19.7 Å². The number of rotatable bonds is 5. The van der Waals surface area contributed by atoms with Crippen molar-refractivity contribution < 1.29 is 0 Å². The van der Waals surface area contributed by atoms with Crippen molar-refractivity contribution in [3.63, 3.8) is 0 Å². The Morgan fingerprint density at radius 3 is 2.54 bits per heavy atom. The van der Waals surface area contributed by atoms with Crippen LogP contribution >= 0.6 is 12.2 Å². The predicted molar refractivity (Wildman–Crippen MR) is 118 cm³/mol. The van der Waals surface area contributed by atoms with Crippen LogP contribution in [-0.2, 0) is 6.54 Å². The molecule has 0 amide bonds. The van der Waals surface area contributed by atoms with Crippen molar-refractivity contribution in [2.24, 2.45) is 0 Å². The van der Waals surface area contributed by atoms with E-state index in [1.165, 1.54) is 5.56 Å². The third-order valence-corrected chi connectivity index (χ3v) is 5.73. The molecule has 0 unspecified atom stereocenters. The molecule has 4 rings (SSSR count). The van der Waals surface area contributed by atoms with Gasteiger partial charge in [-0.3, -0.25) is 5.10 Å². The second-order valence-electron chi connectivity index (χ2n) is 7.10. The number of pyridine rings is 1. The van der Waals surface area contributed by atoms with Crippen LogP contribution in [0.2, 0.25) is 0 Å². The number of H-pyrrole nitrogens is 1. The topological polar surface area (TPSA) is 46.5 Å². The molecule has 0 aliphatic rings. The normalized spacial score (nSPS) is 12.4. The Morgan fingerprint density at radius 2 is 1.82 bits per heavy atom. The van der Waals surface area contributed by atoms with Crippen molar-refractivity contribution in [2.75, 3.05) is 0 Å². The lowest BCUT2D eigenvalue weighted by molar-refractivity contribution is 0.734. The third kappa shape index (κ3) is 3.27. The predicted octanol–water partition coefficient (Wildman–Crippen LogP) is 6.36. The van der Waals surface area contributed by atoms with Crippen molar-refractivity contribution in [1.82, 2.24) is 19.7 Å². The number of benzene rings is 2. The Balaban J connectivity index is 1.90. The maximum atomic E-state index is 5.40. The molecule has 1 atom stereocenters. The molecule has 2 aromatic heterocycles. The summed E-state index contributed by atoms with van der Waals surface area (Å²) in [6.45, 7) is 7.32. The van der Waals surface area contributed by atoms with E-state index in [2.05, 4.69) is 67.4 Å². The summed E-state index contributed by atoms with van der Waals surface area (Å²) in [6.07, 6.45) is 1.14. The highest BCUT2D eigenvalue weighted by molar-refractivity contribution is 7.71. The lowest BCUT2D eigenvalue weighted by Crippen LogP contribution is -1.99. The molecule has 0 aliphatic heterocycles. The molecule has 2 aromatic carbocycles. The minimum atomic E-state index is 0.562. The fourth-order valence-corrected chi connectivity index (χ4v) is 3.80. The quantitative estimate of drug-likeness (QED) is 0.405. The van der Waals surface area contributed by atoms with Gasteiger partial charge in [-0.25, -0.2) is 4.98 Å². The minimum Gasteiger partial charge on any atom is -0.300 e. The summed E-state index contributed by atoms with van der Waals surface area (Å²) in [5.74, 6) is 1.41. The van der Waals surface area contributed by atoms with Crippen LogP contribution in [0.5, 0.6) is 0 Å². The zero-order valence-electron chi connectivity index (χ0n) is 16.4. The molecule has 28 heavy (non-hydrogen) atoms. The number of para-hydroxylation sites is 1. The third-order valence-electron chi connectivity index (χ3n) is 5.42. The molecule has 0 saturated heterocycles. The molecule has 4 nitrogen and oxygen atoms in total. The Bertz CT molecular complexity index is 1170. The minimum absolute atomic E-state index is 0.562. The number of hydrogen-bond acceptors (Lipinski definition) is 3. The lowest BCUT2D eigenvalue weighted by atomic mass is 9.96. The van der Waals surface area contributed by atoms with Gasteiger partial charge < -0.3 is 4.57 Å². The summed E-state index contributed by atoms with van der Waals surface area (Å²) >= 11 is 5.40. The van der Waals surface area contributed by atoms with E-state index in [0.29, 0.717) is 10.7 Å². The first-order valence-corrected chi connectivity index (χ1v) is 10.2. The maximum Gasteiger partial charge on any atom is 0.195 e. The van der Waals surface area contributed by atoms with E-state index in [-0.39, 0.29) is 0 Å². The standard InChI is InChI=1S/C23H24N4S/c1-4-15(3)16-10-12-17(13-11-16)21-14-19(18-8-6-7-9-20(18)24-21)22-25-26-23(28)27(22)5-2/h6-15H,4-5H2,1-3H3,(H,26,28)/t15-/m0/s1. The second-order valence-corrected chi connectivity index (χ2v) is 7.49. The van der Waals surface area contributed by atoms with Gasteiger partial charge in [-0.1, -0.05) is 56.3 Å². The maximum absolute atomic E-state index is 5.40. The van der Waals surface area contributed by atoms with Gasteiger partial charge in [0.15, 0.2) is 10.6 Å². The van der Waals surface area contributed by atoms with Gasteiger partial charge in [0.1, 0.15) is 0 Å². The van der Waals surface area contributed by atoms with Gasteiger partial charge in [0, 0.05) is 23.1 Å². The molecule has 0 spiro atoms. The summed E-state index contributed by atoms with van der Waals surface area (Å²) < 4.78 is 2.66. The van der Waals surface area contributed by atoms with Gasteiger partial charge >= 0.3 is 0 Å². The van der Waals surface area contributed by atoms with Crippen molar-refractivity contribution in [2.45, 2.75) is 39.7 Å². The number of hydrogen-bond donors (Lipinski definition) is 1. The molecule has 0 bridgehead atoms. The van der Waals surface area contributed by atoms with Crippen molar-refractivity contribution in [3.8, 4) is 22.6 Å². The monoisotopic (exact) mass is 388 g/mol. The molecular formula is C23H24N4S. The Labute approximate surface area is 170 Å². The molecule has 0 fully saturated rings. The number of aromatic amines is 1. The van der Waals surface area contributed by atoms with Gasteiger partial charge in [0.2, 0.25) is 0 Å². The Morgan fingerprint density at radius 1 is 1.07 bits per heavy atom. The highest BCUT2D eigenvalue weighted by Crippen LogP contribution is 2.32. The molecule has 0 radical (unpaired) electrons. The smallest absolute Gasteiger partial charge is 0.195 e. The van der Waals surface area contributed by atoms with Gasteiger partial charge in [0.05, 0.1) is 11.2 Å². The second kappa shape index (κ2) is 7.68. The zero-order valence-corrected chi connectivity index (χ0v) is 17.3. The van der Waals surface area contributed by atoms with E-state index in [4.69, 9.17) is 17.2 Å². The average molecular weight is 389 g/mol. The average Bonchev–Trinajstić information content (AvgIpc) is 3.12. The summed E-state index contributed by atoms with van der Waals surface area (Å²) in [6, 6.07) is 19.1. The molecule has 2 heterocycles. The lowest BCUT2D eigenvalue weighted by Gasteiger charge is -2.12. The van der Waals surface area contributed by atoms with Crippen LogP contribution in [0.25, 0.3) is 33.5 Å². The molecular weight excluding hydrogens is 364 g/mol. The Kier molecular flexibility index (Phi) is 5.09. The van der Waals surface area contributed by atoms with Gasteiger partial charge in [0.25, 0.3) is 0 Å². The number of fused-ring (bicyclic) bond motifs is 1. The highest BCUT2D eigenvalue weighted by Gasteiger charge is 2.14. The molecule has 1 N–H and O–H groups in total. The number of aromatic nitrogens is 4.